The minimum Gasteiger partial charge on any atom is -0.383 e. The number of aryl methyl sites for hydroxylation is 1. The van der Waals surface area contributed by atoms with E-state index in [4.69, 9.17) is 0 Å². The van der Waals surface area contributed by atoms with Crippen molar-refractivity contribution in [1.82, 2.24) is 0 Å². The largest absolute Gasteiger partial charge is 0.383 e. The van der Waals surface area contributed by atoms with Crippen LogP contribution >= 0.6 is 11.3 Å². The van der Waals surface area contributed by atoms with Gasteiger partial charge in [0.25, 0.3) is 0 Å². The third kappa shape index (κ3) is 2.17. The number of thiophene rings is 1. The summed E-state index contributed by atoms with van der Waals surface area (Å²) in [5.74, 6) is 0.152. The summed E-state index contributed by atoms with van der Waals surface area (Å²) >= 11 is 1.55. The van der Waals surface area contributed by atoms with Crippen molar-refractivity contribution in [2.45, 2.75) is 18.9 Å². The summed E-state index contributed by atoms with van der Waals surface area (Å²) in [5, 5.41) is 12.3. The molecule has 1 aromatic heterocycles. The molecule has 0 spiro atoms. The topological polar surface area (TPSA) is 40.5 Å². The molecule has 1 atom stereocenters. The van der Waals surface area contributed by atoms with Crippen LogP contribution in [0.1, 0.15) is 28.5 Å². The lowest BCUT2D eigenvalue weighted by Gasteiger charge is -2.26. The molecule has 1 N–H and O–H groups in total. The number of carbonyl (C=O) groups is 1. The van der Waals surface area contributed by atoms with E-state index in [9.17, 15) is 9.90 Å². The van der Waals surface area contributed by atoms with Crippen molar-refractivity contribution >= 4 is 22.9 Å². The molecule has 2 heterocycles. The summed E-state index contributed by atoms with van der Waals surface area (Å²) in [6.07, 6.45) is 0.721. The molecule has 3 rings (SSSR count). The van der Waals surface area contributed by atoms with Crippen LogP contribution in [0.5, 0.6) is 0 Å². The van der Waals surface area contributed by atoms with E-state index in [0.29, 0.717) is 6.42 Å². The second-order valence-corrected chi connectivity index (χ2v) is 5.74. The van der Waals surface area contributed by atoms with Gasteiger partial charge in [0.15, 0.2) is 0 Å². The third-order valence-corrected chi connectivity index (χ3v) is 4.50. The zero-order valence-corrected chi connectivity index (χ0v) is 11.5. The van der Waals surface area contributed by atoms with Crippen molar-refractivity contribution in [3.63, 3.8) is 0 Å². The van der Waals surface area contributed by atoms with Crippen molar-refractivity contribution in [3.05, 3.63) is 51.7 Å². The Morgan fingerprint density at radius 2 is 2.16 bits per heavy atom. The fourth-order valence-corrected chi connectivity index (χ4v) is 3.19. The van der Waals surface area contributed by atoms with Crippen LogP contribution in [0.4, 0.5) is 5.69 Å². The van der Waals surface area contributed by atoms with Crippen molar-refractivity contribution in [2.24, 2.45) is 0 Å². The molecule has 98 valence electrons. The van der Waals surface area contributed by atoms with E-state index < -0.39 is 6.10 Å². The van der Waals surface area contributed by atoms with Gasteiger partial charge in [-0.05, 0) is 35.1 Å². The Hall–Kier alpha value is -1.65. The highest BCUT2D eigenvalue weighted by Crippen LogP contribution is 2.32. The lowest BCUT2D eigenvalue weighted by atomic mass is 9.97. The molecule has 0 saturated heterocycles. The molecule has 2 aromatic rings. The Balaban J connectivity index is 1.96. The monoisotopic (exact) mass is 273 g/mol. The third-order valence-electron chi connectivity index (χ3n) is 3.58. The van der Waals surface area contributed by atoms with Crippen LogP contribution in [0.25, 0.3) is 0 Å². The Morgan fingerprint density at radius 1 is 1.32 bits per heavy atom. The Labute approximate surface area is 116 Å². The fraction of sp³-hybridized carbons (Fsp3) is 0.267. The summed E-state index contributed by atoms with van der Waals surface area (Å²) in [5.41, 5.74) is 2.98. The van der Waals surface area contributed by atoms with Gasteiger partial charge in [0.1, 0.15) is 6.10 Å². The average Bonchev–Trinajstić information content (AvgIpc) is 2.96. The van der Waals surface area contributed by atoms with Crippen LogP contribution in [-0.2, 0) is 11.2 Å². The summed E-state index contributed by atoms with van der Waals surface area (Å²) in [6, 6.07) is 9.72. The van der Waals surface area contributed by atoms with E-state index in [1.165, 1.54) is 0 Å². The van der Waals surface area contributed by atoms with E-state index in [0.717, 1.165) is 28.1 Å². The number of benzene rings is 1. The molecule has 0 fully saturated rings. The molecule has 0 aliphatic carbocycles. The second-order valence-electron chi connectivity index (χ2n) is 4.76. The van der Waals surface area contributed by atoms with Gasteiger partial charge in [-0.15, -0.1) is 11.3 Å². The lowest BCUT2D eigenvalue weighted by molar-refractivity contribution is -0.118. The molecule has 1 aliphatic heterocycles. The van der Waals surface area contributed by atoms with Gasteiger partial charge in [-0.1, -0.05) is 18.2 Å². The van der Waals surface area contributed by atoms with Gasteiger partial charge in [-0.25, -0.2) is 0 Å². The van der Waals surface area contributed by atoms with Gasteiger partial charge in [-0.2, -0.15) is 0 Å². The first-order valence-electron chi connectivity index (χ1n) is 6.27. The van der Waals surface area contributed by atoms with Gasteiger partial charge in [0, 0.05) is 24.0 Å². The highest BCUT2D eigenvalue weighted by atomic mass is 32.1. The minimum absolute atomic E-state index is 0.152. The Morgan fingerprint density at radius 3 is 2.89 bits per heavy atom. The van der Waals surface area contributed by atoms with Gasteiger partial charge < -0.3 is 10.0 Å². The first kappa shape index (κ1) is 12.4. The smallest absolute Gasteiger partial charge is 0.227 e. The molecule has 0 saturated carbocycles. The number of anilines is 1. The summed E-state index contributed by atoms with van der Waals surface area (Å²) < 4.78 is 0. The van der Waals surface area contributed by atoms with Gasteiger partial charge in [0.2, 0.25) is 5.91 Å². The Bertz CT molecular complexity index is 607. The van der Waals surface area contributed by atoms with Crippen LogP contribution in [0.15, 0.2) is 35.7 Å². The molecule has 4 heteroatoms. The molecule has 1 unspecified atom stereocenters. The molecule has 0 radical (unpaired) electrons. The number of rotatable bonds is 2. The number of aliphatic hydroxyl groups is 1. The number of nitrogens with zero attached hydrogens (tertiary/aromatic N) is 1. The maximum absolute atomic E-state index is 11.6. The summed E-state index contributed by atoms with van der Waals surface area (Å²) in [4.78, 5) is 14.3. The van der Waals surface area contributed by atoms with Gasteiger partial charge >= 0.3 is 0 Å². The van der Waals surface area contributed by atoms with Crippen molar-refractivity contribution in [1.29, 1.82) is 0 Å². The van der Waals surface area contributed by atoms with Crippen LogP contribution in [0.3, 0.4) is 0 Å². The van der Waals surface area contributed by atoms with E-state index in [1.54, 1.807) is 23.3 Å². The first-order valence-corrected chi connectivity index (χ1v) is 7.15. The van der Waals surface area contributed by atoms with Crippen LogP contribution in [0.2, 0.25) is 0 Å². The number of hydrogen-bond acceptors (Lipinski definition) is 3. The molecule has 0 bridgehead atoms. The molecule has 1 aliphatic rings. The number of aliphatic hydroxyl groups excluding tert-OH is 1. The number of amides is 1. The lowest BCUT2D eigenvalue weighted by Crippen LogP contribution is -2.31. The zero-order chi connectivity index (χ0) is 13.4. The normalized spacial score (nSPS) is 16.3. The molecule has 19 heavy (non-hydrogen) atoms. The second kappa shape index (κ2) is 4.79. The molecular weight excluding hydrogens is 258 g/mol. The summed E-state index contributed by atoms with van der Waals surface area (Å²) in [7, 11) is 1.80. The number of carbonyl (C=O) groups excluding carboxylic acids is 1. The van der Waals surface area contributed by atoms with Crippen LogP contribution in [-0.4, -0.2) is 18.1 Å². The van der Waals surface area contributed by atoms with E-state index in [-0.39, 0.29) is 5.91 Å². The van der Waals surface area contributed by atoms with Crippen LogP contribution < -0.4 is 4.90 Å². The minimum atomic E-state index is -0.576. The van der Waals surface area contributed by atoms with Crippen LogP contribution in [0, 0.1) is 0 Å². The van der Waals surface area contributed by atoms with Crippen molar-refractivity contribution in [3.8, 4) is 0 Å². The maximum Gasteiger partial charge on any atom is 0.227 e. The van der Waals surface area contributed by atoms with Crippen molar-refractivity contribution in [2.75, 3.05) is 11.9 Å². The van der Waals surface area contributed by atoms with E-state index in [2.05, 4.69) is 0 Å². The van der Waals surface area contributed by atoms with Gasteiger partial charge in [0.05, 0.1) is 0 Å². The fourth-order valence-electron chi connectivity index (χ4n) is 2.46. The van der Waals surface area contributed by atoms with Crippen molar-refractivity contribution < 1.29 is 9.90 Å². The highest BCUT2D eigenvalue weighted by molar-refractivity contribution is 7.10. The summed E-state index contributed by atoms with van der Waals surface area (Å²) in [6.45, 7) is 0. The highest BCUT2D eigenvalue weighted by Gasteiger charge is 2.22. The van der Waals surface area contributed by atoms with Gasteiger partial charge in [-0.3, -0.25) is 4.79 Å². The van der Waals surface area contributed by atoms with E-state index >= 15 is 0 Å². The number of fused-ring (bicyclic) bond motifs is 1. The zero-order valence-electron chi connectivity index (χ0n) is 10.7. The standard InChI is InChI=1S/C15H15NO2S/c1-16-12-6-4-11(9-10(12)5-7-14(16)17)15(18)13-3-2-8-19-13/h2-4,6,8-9,15,18H,5,7H2,1H3. The molecule has 1 amide bonds. The molecule has 3 nitrogen and oxygen atoms in total. The predicted molar refractivity (Wildman–Crippen MR) is 76.6 cm³/mol. The predicted octanol–water partition coefficient (Wildman–Crippen LogP) is 2.74. The molecule has 1 aromatic carbocycles. The average molecular weight is 273 g/mol. The quantitative estimate of drug-likeness (QED) is 0.914. The maximum atomic E-state index is 11.6. The number of hydrogen-bond donors (Lipinski definition) is 1. The van der Waals surface area contributed by atoms with E-state index in [1.807, 2.05) is 35.7 Å². The first-order chi connectivity index (χ1) is 9.16. The Kier molecular flexibility index (Phi) is 3.12. The molecular formula is C15H15NO2S. The SMILES string of the molecule is CN1C(=O)CCc2cc(C(O)c3cccs3)ccc21.